The highest BCUT2D eigenvalue weighted by Crippen LogP contribution is 2.23. The Hall–Kier alpha value is -0.500. The van der Waals surface area contributed by atoms with Gasteiger partial charge in [0.1, 0.15) is 5.76 Å². The van der Waals surface area contributed by atoms with Crippen molar-refractivity contribution in [2.24, 2.45) is 0 Å². The molecule has 1 N–H and O–H groups in total. The predicted molar refractivity (Wildman–Crippen MR) is 34.9 cm³/mol. The first-order valence-corrected chi connectivity index (χ1v) is 3.34. The average molecular weight is 128 g/mol. The van der Waals surface area contributed by atoms with Crippen LogP contribution in [0.5, 0.6) is 0 Å². The molecule has 0 spiro atoms. The first kappa shape index (κ1) is 6.62. The Morgan fingerprint density at radius 3 is 2.44 bits per heavy atom. The topological polar surface area (TPSA) is 29.5 Å². The van der Waals surface area contributed by atoms with Crippen molar-refractivity contribution in [3.8, 4) is 0 Å². The maximum absolute atomic E-state index is 8.30. The molecule has 52 valence electrons. The molecule has 0 fully saturated rings. The second-order valence-corrected chi connectivity index (χ2v) is 2.50. The fraction of sp³-hybridized carbons (Fsp3) is 0.714. The van der Waals surface area contributed by atoms with Crippen LogP contribution in [0.3, 0.4) is 0 Å². The van der Waals surface area contributed by atoms with Crippen LogP contribution in [0.4, 0.5) is 0 Å². The lowest BCUT2D eigenvalue weighted by atomic mass is 9.99. The highest BCUT2D eigenvalue weighted by molar-refractivity contribution is 5.07. The predicted octanol–water partition coefficient (Wildman–Crippen LogP) is 2.32. The molecule has 0 saturated carbocycles. The summed E-state index contributed by atoms with van der Waals surface area (Å²) in [4.78, 5) is 4.18. The van der Waals surface area contributed by atoms with Crippen molar-refractivity contribution >= 4 is 0 Å². The van der Waals surface area contributed by atoms with Gasteiger partial charge in [0, 0.05) is 6.42 Å². The Morgan fingerprint density at radius 2 is 2.00 bits per heavy atom. The van der Waals surface area contributed by atoms with Gasteiger partial charge in [-0.1, -0.05) is 0 Å². The van der Waals surface area contributed by atoms with Gasteiger partial charge in [-0.15, -0.1) is 0 Å². The van der Waals surface area contributed by atoms with E-state index in [1.807, 2.05) is 6.92 Å². The van der Waals surface area contributed by atoms with E-state index in [1.54, 1.807) is 0 Å². The van der Waals surface area contributed by atoms with Crippen molar-refractivity contribution in [1.82, 2.24) is 0 Å². The summed E-state index contributed by atoms with van der Waals surface area (Å²) in [6, 6.07) is 0. The standard InChI is InChI=1S/C7H12O2/c1-6-4-2-3-5-7(6)9-8/h8H,2-5H2,1H3. The van der Waals surface area contributed by atoms with Crippen LogP contribution in [0, 0.1) is 0 Å². The molecule has 0 unspecified atom stereocenters. The van der Waals surface area contributed by atoms with Crippen molar-refractivity contribution in [2.75, 3.05) is 0 Å². The zero-order valence-corrected chi connectivity index (χ0v) is 5.68. The normalized spacial score (nSPS) is 20.2. The van der Waals surface area contributed by atoms with E-state index in [1.165, 1.54) is 12.0 Å². The third kappa shape index (κ3) is 1.45. The summed E-state index contributed by atoms with van der Waals surface area (Å²) < 4.78 is 0. The Bertz CT molecular complexity index is 127. The van der Waals surface area contributed by atoms with Gasteiger partial charge in [-0.2, -0.15) is 0 Å². The number of allylic oxidation sites excluding steroid dienone is 2. The smallest absolute Gasteiger partial charge is 0.141 e. The van der Waals surface area contributed by atoms with Crippen LogP contribution in [0.2, 0.25) is 0 Å². The molecule has 0 amide bonds. The van der Waals surface area contributed by atoms with Crippen LogP contribution >= 0.6 is 0 Å². The van der Waals surface area contributed by atoms with Crippen LogP contribution in [0.25, 0.3) is 0 Å². The van der Waals surface area contributed by atoms with Crippen molar-refractivity contribution in [1.29, 1.82) is 0 Å². The van der Waals surface area contributed by atoms with Crippen molar-refractivity contribution in [3.05, 3.63) is 11.3 Å². The molecule has 0 radical (unpaired) electrons. The van der Waals surface area contributed by atoms with E-state index in [2.05, 4.69) is 4.89 Å². The molecule has 9 heavy (non-hydrogen) atoms. The zero-order valence-electron chi connectivity index (χ0n) is 5.68. The maximum atomic E-state index is 8.30. The Kier molecular flexibility index (Phi) is 2.11. The number of hydrogen-bond donors (Lipinski definition) is 1. The van der Waals surface area contributed by atoms with Crippen LogP contribution in [-0.2, 0) is 4.89 Å². The molecule has 0 aromatic rings. The second-order valence-electron chi connectivity index (χ2n) is 2.50. The molecule has 2 nitrogen and oxygen atoms in total. The number of hydrogen-bond acceptors (Lipinski definition) is 2. The van der Waals surface area contributed by atoms with Gasteiger partial charge in [0.2, 0.25) is 0 Å². The highest BCUT2D eigenvalue weighted by atomic mass is 17.1. The Labute approximate surface area is 55.1 Å². The fourth-order valence-corrected chi connectivity index (χ4v) is 1.15. The Morgan fingerprint density at radius 1 is 1.33 bits per heavy atom. The molecular formula is C7H12O2. The average Bonchev–Trinajstić information content (AvgIpc) is 1.89. The molecule has 2 heteroatoms. The van der Waals surface area contributed by atoms with E-state index < -0.39 is 0 Å². The monoisotopic (exact) mass is 128 g/mol. The summed E-state index contributed by atoms with van der Waals surface area (Å²) in [6.45, 7) is 2.00. The van der Waals surface area contributed by atoms with Crippen LogP contribution in [-0.4, -0.2) is 5.26 Å². The van der Waals surface area contributed by atoms with E-state index in [0.717, 1.165) is 25.0 Å². The molecule has 0 saturated heterocycles. The summed E-state index contributed by atoms with van der Waals surface area (Å²) in [5.74, 6) is 0.779. The van der Waals surface area contributed by atoms with Gasteiger partial charge >= 0.3 is 0 Å². The lowest BCUT2D eigenvalue weighted by Gasteiger charge is -2.13. The van der Waals surface area contributed by atoms with E-state index in [0.29, 0.717) is 0 Å². The lowest BCUT2D eigenvalue weighted by Crippen LogP contribution is -1.98. The van der Waals surface area contributed by atoms with Crippen LogP contribution < -0.4 is 0 Å². The van der Waals surface area contributed by atoms with Gasteiger partial charge in [-0.05, 0) is 31.8 Å². The zero-order chi connectivity index (χ0) is 6.69. The molecule has 0 heterocycles. The Balaban J connectivity index is 2.59. The fourth-order valence-electron chi connectivity index (χ4n) is 1.15. The summed E-state index contributed by atoms with van der Waals surface area (Å²) in [7, 11) is 0. The first-order chi connectivity index (χ1) is 4.34. The van der Waals surface area contributed by atoms with Gasteiger partial charge in [-0.3, -0.25) is 0 Å². The minimum atomic E-state index is 0.779. The molecule has 0 atom stereocenters. The maximum Gasteiger partial charge on any atom is 0.141 e. The minimum Gasteiger partial charge on any atom is -0.345 e. The van der Waals surface area contributed by atoms with Gasteiger partial charge in [0.25, 0.3) is 0 Å². The molecule has 1 rings (SSSR count). The van der Waals surface area contributed by atoms with Gasteiger partial charge in [0.05, 0.1) is 0 Å². The van der Waals surface area contributed by atoms with Crippen molar-refractivity contribution < 1.29 is 10.1 Å². The van der Waals surface area contributed by atoms with E-state index >= 15 is 0 Å². The van der Waals surface area contributed by atoms with Crippen molar-refractivity contribution in [2.45, 2.75) is 32.6 Å². The summed E-state index contributed by atoms with van der Waals surface area (Å²) >= 11 is 0. The molecule has 0 bridgehead atoms. The third-order valence-corrected chi connectivity index (χ3v) is 1.79. The summed E-state index contributed by atoms with van der Waals surface area (Å²) in [5.41, 5.74) is 1.20. The number of rotatable bonds is 1. The first-order valence-electron chi connectivity index (χ1n) is 3.34. The SMILES string of the molecule is CC1=C(OO)CCCC1. The summed E-state index contributed by atoms with van der Waals surface area (Å²) in [6.07, 6.45) is 4.37. The van der Waals surface area contributed by atoms with E-state index in [9.17, 15) is 0 Å². The molecule has 1 aliphatic rings. The molecular weight excluding hydrogens is 116 g/mol. The second kappa shape index (κ2) is 2.87. The van der Waals surface area contributed by atoms with Gasteiger partial charge in [0.15, 0.2) is 0 Å². The minimum absolute atomic E-state index is 0.779. The molecule has 0 aromatic heterocycles. The van der Waals surface area contributed by atoms with Gasteiger partial charge in [-0.25, -0.2) is 5.26 Å². The van der Waals surface area contributed by atoms with E-state index in [4.69, 9.17) is 5.26 Å². The van der Waals surface area contributed by atoms with Crippen LogP contribution in [0.1, 0.15) is 32.6 Å². The third-order valence-electron chi connectivity index (χ3n) is 1.79. The quantitative estimate of drug-likeness (QED) is 0.433. The van der Waals surface area contributed by atoms with E-state index in [-0.39, 0.29) is 0 Å². The van der Waals surface area contributed by atoms with Crippen LogP contribution in [0.15, 0.2) is 11.3 Å². The largest absolute Gasteiger partial charge is 0.345 e. The molecule has 0 aliphatic heterocycles. The van der Waals surface area contributed by atoms with Gasteiger partial charge < -0.3 is 4.89 Å². The lowest BCUT2D eigenvalue weighted by molar-refractivity contribution is -0.207. The summed E-state index contributed by atoms with van der Waals surface area (Å²) in [5, 5.41) is 8.30. The highest BCUT2D eigenvalue weighted by Gasteiger charge is 2.09. The molecule has 0 aromatic carbocycles. The van der Waals surface area contributed by atoms with Crippen molar-refractivity contribution in [3.63, 3.8) is 0 Å². The molecule has 1 aliphatic carbocycles.